The van der Waals surface area contributed by atoms with Crippen LogP contribution in [0.5, 0.6) is 0 Å². The highest BCUT2D eigenvalue weighted by molar-refractivity contribution is 9.09. The maximum atomic E-state index is 4.96. The van der Waals surface area contributed by atoms with Gasteiger partial charge in [-0.3, -0.25) is 4.98 Å². The Morgan fingerprint density at radius 1 is 1.50 bits per heavy atom. The van der Waals surface area contributed by atoms with Gasteiger partial charge in [-0.2, -0.15) is 0 Å². The molecule has 66 valence electrons. The largest absolute Gasteiger partial charge is 0.378 e. The van der Waals surface area contributed by atoms with Crippen molar-refractivity contribution in [1.29, 1.82) is 0 Å². The predicted molar refractivity (Wildman–Crippen MR) is 52.4 cm³/mol. The number of pyridine rings is 1. The van der Waals surface area contributed by atoms with E-state index in [0.29, 0.717) is 6.61 Å². The Morgan fingerprint density at radius 3 is 2.83 bits per heavy atom. The molecule has 0 aliphatic rings. The highest BCUT2D eigenvalue weighted by atomic mass is 79.9. The number of aromatic nitrogens is 1. The lowest BCUT2D eigenvalue weighted by molar-refractivity contribution is 0.181. The smallest absolute Gasteiger partial charge is 0.0884 e. The molecule has 1 rings (SSSR count). The summed E-state index contributed by atoms with van der Waals surface area (Å²) in [6, 6.07) is 4.09. The zero-order chi connectivity index (χ0) is 8.81. The van der Waals surface area contributed by atoms with Crippen LogP contribution in [0.25, 0.3) is 0 Å². The second-order valence-electron chi connectivity index (χ2n) is 2.53. The van der Waals surface area contributed by atoms with Crippen LogP contribution in [-0.2, 0) is 17.8 Å². The second kappa shape index (κ2) is 5.27. The number of aryl methyl sites for hydroxylation is 1. The quantitative estimate of drug-likeness (QED) is 0.739. The van der Waals surface area contributed by atoms with Gasteiger partial charge < -0.3 is 4.74 Å². The molecular weight excluding hydrogens is 218 g/mol. The molecule has 3 heteroatoms. The fourth-order valence-electron chi connectivity index (χ4n) is 0.945. The third-order valence-electron chi connectivity index (χ3n) is 1.56. The normalized spacial score (nSPS) is 10.2. The monoisotopic (exact) mass is 229 g/mol. The van der Waals surface area contributed by atoms with E-state index in [4.69, 9.17) is 4.74 Å². The van der Waals surface area contributed by atoms with E-state index in [1.165, 1.54) is 5.56 Å². The highest BCUT2D eigenvalue weighted by Gasteiger charge is 1.94. The Labute approximate surface area is 81.1 Å². The summed E-state index contributed by atoms with van der Waals surface area (Å²) in [5, 5.41) is 0.984. The van der Waals surface area contributed by atoms with Crippen molar-refractivity contribution < 1.29 is 4.74 Å². The fourth-order valence-corrected chi connectivity index (χ4v) is 1.40. The molecule has 0 saturated carbocycles. The van der Waals surface area contributed by atoms with E-state index >= 15 is 0 Å². The van der Waals surface area contributed by atoms with Crippen molar-refractivity contribution in [2.45, 2.75) is 13.0 Å². The molecule has 1 heterocycles. The summed E-state index contributed by atoms with van der Waals surface area (Å²) in [5.41, 5.74) is 2.24. The first-order chi connectivity index (χ1) is 5.86. The van der Waals surface area contributed by atoms with Gasteiger partial charge in [-0.1, -0.05) is 22.0 Å². The number of methoxy groups -OCH3 is 1. The van der Waals surface area contributed by atoms with E-state index in [1.807, 2.05) is 12.3 Å². The van der Waals surface area contributed by atoms with Crippen LogP contribution in [-0.4, -0.2) is 17.4 Å². The number of alkyl halides is 1. The van der Waals surface area contributed by atoms with Crippen LogP contribution >= 0.6 is 15.9 Å². The van der Waals surface area contributed by atoms with Crippen LogP contribution < -0.4 is 0 Å². The molecule has 0 aliphatic carbocycles. The number of hydrogen-bond donors (Lipinski definition) is 0. The van der Waals surface area contributed by atoms with Crippen LogP contribution in [0.15, 0.2) is 18.3 Å². The van der Waals surface area contributed by atoms with Crippen LogP contribution in [0, 0.1) is 0 Å². The number of ether oxygens (including phenoxy) is 1. The molecule has 0 bridgehead atoms. The lowest BCUT2D eigenvalue weighted by Gasteiger charge is -2.00. The Balaban J connectivity index is 2.58. The number of halogens is 1. The molecule has 1 aromatic heterocycles. The molecule has 0 fully saturated rings. The van der Waals surface area contributed by atoms with Gasteiger partial charge in [-0.05, 0) is 18.1 Å². The summed E-state index contributed by atoms with van der Waals surface area (Å²) in [4.78, 5) is 4.24. The predicted octanol–water partition coefficient (Wildman–Crippen LogP) is 2.17. The van der Waals surface area contributed by atoms with Crippen molar-refractivity contribution in [3.63, 3.8) is 0 Å². The van der Waals surface area contributed by atoms with Gasteiger partial charge >= 0.3 is 0 Å². The molecule has 2 nitrogen and oxygen atoms in total. The van der Waals surface area contributed by atoms with Crippen molar-refractivity contribution in [2.75, 3.05) is 12.4 Å². The Hall–Kier alpha value is -0.410. The van der Waals surface area contributed by atoms with Gasteiger partial charge in [0.25, 0.3) is 0 Å². The minimum atomic E-state index is 0.592. The summed E-state index contributed by atoms with van der Waals surface area (Å²) >= 11 is 3.38. The van der Waals surface area contributed by atoms with E-state index in [2.05, 4.69) is 27.0 Å². The molecule has 0 atom stereocenters. The first kappa shape index (κ1) is 9.68. The second-order valence-corrected chi connectivity index (χ2v) is 3.32. The Morgan fingerprint density at radius 2 is 2.33 bits per heavy atom. The van der Waals surface area contributed by atoms with Crippen molar-refractivity contribution >= 4 is 15.9 Å². The van der Waals surface area contributed by atoms with Gasteiger partial charge in [0.2, 0.25) is 0 Å². The lowest BCUT2D eigenvalue weighted by Crippen LogP contribution is -1.93. The van der Waals surface area contributed by atoms with Crippen molar-refractivity contribution in [3.05, 3.63) is 29.6 Å². The maximum absolute atomic E-state index is 4.96. The summed E-state index contributed by atoms with van der Waals surface area (Å²) in [6.07, 6.45) is 2.93. The molecule has 1 aromatic rings. The van der Waals surface area contributed by atoms with Crippen molar-refractivity contribution in [1.82, 2.24) is 4.98 Å². The maximum Gasteiger partial charge on any atom is 0.0884 e. The number of rotatable bonds is 4. The molecule has 12 heavy (non-hydrogen) atoms. The average molecular weight is 230 g/mol. The summed E-state index contributed by atoms with van der Waals surface area (Å²) in [6.45, 7) is 0.592. The van der Waals surface area contributed by atoms with Gasteiger partial charge in [-0.15, -0.1) is 0 Å². The number of hydrogen-bond acceptors (Lipinski definition) is 2. The van der Waals surface area contributed by atoms with Gasteiger partial charge in [-0.25, -0.2) is 0 Å². The van der Waals surface area contributed by atoms with E-state index in [0.717, 1.165) is 17.4 Å². The topological polar surface area (TPSA) is 22.1 Å². The molecule has 0 unspecified atom stereocenters. The zero-order valence-corrected chi connectivity index (χ0v) is 8.67. The van der Waals surface area contributed by atoms with Gasteiger partial charge in [0.05, 0.1) is 12.3 Å². The number of nitrogens with zero attached hydrogens (tertiary/aromatic N) is 1. The Bertz CT molecular complexity index is 197. The molecule has 0 radical (unpaired) electrons. The molecule has 0 N–H and O–H groups in total. The molecular formula is C9H12BrNO. The van der Waals surface area contributed by atoms with Crippen LogP contribution in [0.3, 0.4) is 0 Å². The summed E-state index contributed by atoms with van der Waals surface area (Å²) in [7, 11) is 1.67. The van der Waals surface area contributed by atoms with E-state index < -0.39 is 0 Å². The first-order valence-electron chi connectivity index (χ1n) is 3.85. The third kappa shape index (κ3) is 2.91. The molecule has 0 aromatic carbocycles. The van der Waals surface area contributed by atoms with Gasteiger partial charge in [0, 0.05) is 18.6 Å². The van der Waals surface area contributed by atoms with Crippen molar-refractivity contribution in [2.24, 2.45) is 0 Å². The Kier molecular flexibility index (Phi) is 4.25. The summed E-state index contributed by atoms with van der Waals surface area (Å²) in [5.74, 6) is 0. The van der Waals surface area contributed by atoms with Crippen molar-refractivity contribution in [3.8, 4) is 0 Å². The highest BCUT2D eigenvalue weighted by Crippen LogP contribution is 2.03. The lowest BCUT2D eigenvalue weighted by atomic mass is 10.2. The molecule has 0 spiro atoms. The van der Waals surface area contributed by atoms with E-state index in [9.17, 15) is 0 Å². The van der Waals surface area contributed by atoms with Gasteiger partial charge in [0.1, 0.15) is 0 Å². The minimum absolute atomic E-state index is 0.592. The van der Waals surface area contributed by atoms with E-state index in [-0.39, 0.29) is 0 Å². The molecule has 0 aliphatic heterocycles. The molecule has 0 saturated heterocycles. The zero-order valence-electron chi connectivity index (χ0n) is 7.09. The van der Waals surface area contributed by atoms with E-state index in [1.54, 1.807) is 7.11 Å². The standard InChI is InChI=1S/C9H12BrNO/c1-12-7-9-3-2-8(4-5-10)6-11-9/h2-3,6H,4-5,7H2,1H3. The van der Waals surface area contributed by atoms with Gasteiger partial charge in [0.15, 0.2) is 0 Å². The first-order valence-corrected chi connectivity index (χ1v) is 4.97. The summed E-state index contributed by atoms with van der Waals surface area (Å²) < 4.78 is 4.96. The van der Waals surface area contributed by atoms with Crippen LogP contribution in [0.4, 0.5) is 0 Å². The molecule has 0 amide bonds. The SMILES string of the molecule is COCc1ccc(CCBr)cn1. The minimum Gasteiger partial charge on any atom is -0.378 e. The average Bonchev–Trinajstić information content (AvgIpc) is 2.09. The third-order valence-corrected chi connectivity index (χ3v) is 1.96. The van der Waals surface area contributed by atoms with Crippen LogP contribution in [0.2, 0.25) is 0 Å². The fraction of sp³-hybridized carbons (Fsp3) is 0.444. The van der Waals surface area contributed by atoms with Crippen LogP contribution in [0.1, 0.15) is 11.3 Å².